The van der Waals surface area contributed by atoms with Gasteiger partial charge in [0, 0.05) is 97.7 Å². The van der Waals surface area contributed by atoms with E-state index in [1.54, 1.807) is 0 Å². The van der Waals surface area contributed by atoms with Crippen LogP contribution in [-0.2, 0) is 0 Å². The molecule has 0 aromatic rings. The van der Waals surface area contributed by atoms with Crippen LogP contribution in [0.15, 0.2) is 0 Å². The van der Waals surface area contributed by atoms with Gasteiger partial charge < -0.3 is 87.6 Å². The molecule has 148 valence electrons. The van der Waals surface area contributed by atoms with E-state index in [4.69, 9.17) is 0 Å². The van der Waals surface area contributed by atoms with Crippen molar-refractivity contribution in [3.63, 3.8) is 0 Å². The van der Waals surface area contributed by atoms with Gasteiger partial charge in [-0.05, 0) is 0 Å². The van der Waals surface area contributed by atoms with Crippen LogP contribution >= 0.6 is 0 Å². The van der Waals surface area contributed by atoms with Gasteiger partial charge >= 0.3 is 71.7 Å². The zero-order chi connectivity index (χ0) is 0. The maximum atomic E-state index is 0. The number of hydrogen-bond donors (Lipinski definition) is 0. The summed E-state index contributed by atoms with van der Waals surface area (Å²) in [5.74, 6) is 0. The smallest absolute Gasteiger partial charge is 0.870 e. The normalized spacial score (nSPS) is 0. The van der Waals surface area contributed by atoms with Crippen molar-refractivity contribution in [2.24, 2.45) is 0 Å². The van der Waals surface area contributed by atoms with Crippen LogP contribution < -0.4 is 0 Å². The summed E-state index contributed by atoms with van der Waals surface area (Å²) in [5.41, 5.74) is 0. The summed E-state index contributed by atoms with van der Waals surface area (Å²) in [6, 6.07) is 0. The fourth-order valence-electron chi connectivity index (χ4n) is 0. The molecule has 0 aromatic heterocycles. The van der Waals surface area contributed by atoms with E-state index in [9.17, 15) is 0 Å². The molecule has 0 bridgehead atoms. The SMILES string of the molecule is O.O.O.O.[OH-].[OH-].[OH-].[OH-].[OH-].[OH-].[OH-].[OH-].[OH-].[OH-].[OH-].[OH-].[Sb].[Sb].[Sb].[Sb].[Sn+4].[Sn+4].[Sn+4]. The zero-order valence-electron chi connectivity index (χ0n) is 10.7. The molecule has 0 saturated heterocycles. The van der Waals surface area contributed by atoms with Gasteiger partial charge in [-0.1, -0.05) is 0 Å². The summed E-state index contributed by atoms with van der Waals surface area (Å²) in [5, 5.41) is 0. The second kappa shape index (κ2) is 724. The van der Waals surface area contributed by atoms with Crippen LogP contribution in [0.5, 0.6) is 0 Å². The third-order valence-corrected chi connectivity index (χ3v) is 0. The molecule has 12 radical (unpaired) electrons. The molecule has 0 aliphatic heterocycles. The minimum absolute atomic E-state index is 0. The molecule has 23 heavy (non-hydrogen) atoms. The van der Waals surface area contributed by atoms with E-state index in [2.05, 4.69) is 0 Å². The summed E-state index contributed by atoms with van der Waals surface area (Å²) in [4.78, 5) is 0. The van der Waals surface area contributed by atoms with E-state index in [-0.39, 0.29) is 257 Å². The molecule has 0 fully saturated rings. The van der Waals surface area contributed by atoms with Crippen LogP contribution in [0.4, 0.5) is 0 Å². The number of hydrogen-bond acceptors (Lipinski definition) is 12. The predicted octanol–water partition coefficient (Wildman–Crippen LogP) is -8.09. The molecule has 20 N–H and O–H groups in total. The Hall–Kier alpha value is 5.03. The Morgan fingerprint density at radius 1 is 0.174 bits per heavy atom. The quantitative estimate of drug-likeness (QED) is 0.204. The summed E-state index contributed by atoms with van der Waals surface area (Å²) in [6.45, 7) is 0. The van der Waals surface area contributed by atoms with Gasteiger partial charge in [0.1, 0.15) is 0 Å². The van der Waals surface area contributed by atoms with Crippen molar-refractivity contribution >= 4 is 169 Å². The van der Waals surface area contributed by atoms with Gasteiger partial charge in [0.25, 0.3) is 0 Å². The summed E-state index contributed by atoms with van der Waals surface area (Å²) in [6.07, 6.45) is 0. The van der Waals surface area contributed by atoms with E-state index < -0.39 is 0 Å². The van der Waals surface area contributed by atoms with E-state index >= 15 is 0 Å². The van der Waals surface area contributed by atoms with Crippen molar-refractivity contribution in [2.45, 2.75) is 0 Å². The molecule has 16 nitrogen and oxygen atoms in total. The predicted molar refractivity (Wildman–Crippen MR) is 78.0 cm³/mol. The van der Waals surface area contributed by atoms with E-state index in [0.717, 1.165) is 0 Å². The third-order valence-electron chi connectivity index (χ3n) is 0. The van der Waals surface area contributed by atoms with Gasteiger partial charge in [-0.2, -0.15) is 0 Å². The molecule has 0 aromatic carbocycles. The summed E-state index contributed by atoms with van der Waals surface area (Å²) < 4.78 is 0. The van der Waals surface area contributed by atoms with E-state index in [1.807, 2.05) is 0 Å². The van der Waals surface area contributed by atoms with Crippen LogP contribution in [0.1, 0.15) is 0 Å². The average molecular weight is 1120 g/mol. The molecule has 0 amide bonds. The first-order chi connectivity index (χ1) is 0. The Labute approximate surface area is 253 Å². The molecule has 23 heteroatoms. The molecule has 0 spiro atoms. The van der Waals surface area contributed by atoms with E-state index in [0.29, 0.717) is 0 Å². The largest absolute Gasteiger partial charge is 4.00 e. The second-order valence-electron chi connectivity index (χ2n) is 0. The molecule has 0 rings (SSSR count). The van der Waals surface area contributed by atoms with Crippen LogP contribution in [-0.4, -0.2) is 257 Å². The van der Waals surface area contributed by atoms with Gasteiger partial charge in [0.15, 0.2) is 0 Å². The minimum Gasteiger partial charge on any atom is -0.870 e. The van der Waals surface area contributed by atoms with Crippen molar-refractivity contribution in [2.75, 3.05) is 0 Å². The van der Waals surface area contributed by atoms with Crippen molar-refractivity contribution in [1.29, 1.82) is 0 Å². The Morgan fingerprint density at radius 3 is 0.174 bits per heavy atom. The van der Waals surface area contributed by atoms with Crippen LogP contribution in [0.3, 0.4) is 0 Å². The van der Waals surface area contributed by atoms with Crippen molar-refractivity contribution < 1.29 is 87.6 Å². The molecular weight excluding hydrogens is 1100 g/mol. The van der Waals surface area contributed by atoms with Crippen molar-refractivity contribution in [1.82, 2.24) is 0 Å². The standard InChI is InChI=1S/16H2O.4Sb.3Sn/h16*1H2;;;;;;;/q;;;;;;;;;;;;;;;;;;;;3*+4/p-12. The van der Waals surface area contributed by atoms with Crippen molar-refractivity contribution in [3.05, 3.63) is 0 Å². The van der Waals surface area contributed by atoms with Crippen molar-refractivity contribution in [3.8, 4) is 0 Å². The molecule has 0 saturated carbocycles. The topological polar surface area (TPSA) is 486 Å². The minimum atomic E-state index is 0. The average Bonchev–Trinajstić information content (AvgIpc) is 0. The molecule has 0 aliphatic rings. The van der Waals surface area contributed by atoms with Gasteiger partial charge in [-0.15, -0.1) is 0 Å². The third kappa shape index (κ3) is 670. The molecule has 0 atom stereocenters. The fraction of sp³-hybridized carbons (Fsp3) is 0. The first kappa shape index (κ1) is 810. The van der Waals surface area contributed by atoms with Gasteiger partial charge in [0.05, 0.1) is 0 Å². The first-order valence-electron chi connectivity index (χ1n) is 0. The maximum absolute atomic E-state index is 0. The van der Waals surface area contributed by atoms with Gasteiger partial charge in [0.2, 0.25) is 0 Å². The summed E-state index contributed by atoms with van der Waals surface area (Å²) >= 11 is 0. The Morgan fingerprint density at radius 2 is 0.174 bits per heavy atom. The molecular formula is H20O16Sb4Sn3. The van der Waals surface area contributed by atoms with Crippen LogP contribution in [0.25, 0.3) is 0 Å². The summed E-state index contributed by atoms with van der Waals surface area (Å²) in [7, 11) is 0. The van der Waals surface area contributed by atoms with Gasteiger partial charge in [-0.3, -0.25) is 0 Å². The number of rotatable bonds is 0. The Balaban J connectivity index is 0. The maximum Gasteiger partial charge on any atom is 4.00 e. The molecule has 0 aliphatic carbocycles. The molecule has 0 heterocycles. The van der Waals surface area contributed by atoms with E-state index in [1.165, 1.54) is 0 Å². The fourth-order valence-corrected chi connectivity index (χ4v) is 0. The van der Waals surface area contributed by atoms with Crippen LogP contribution in [0, 0.1) is 0 Å². The van der Waals surface area contributed by atoms with Crippen LogP contribution in [0.2, 0.25) is 0 Å². The first-order valence-corrected chi connectivity index (χ1v) is 0. The second-order valence-corrected chi connectivity index (χ2v) is 0. The molecule has 0 unspecified atom stereocenters. The van der Waals surface area contributed by atoms with Gasteiger partial charge in [-0.25, -0.2) is 0 Å². The zero-order valence-corrected chi connectivity index (χ0v) is 29.4. The monoisotopic (exact) mass is 1120 g/mol. The Kier molecular flexibility index (Phi) is 25500. The Bertz CT molecular complexity index is 27.3.